The normalized spacial score (nSPS) is 13.7. The number of rotatable bonds is 6. The predicted molar refractivity (Wildman–Crippen MR) is 84.3 cm³/mol. The number of carbonyl (C=O) groups excluding carboxylic acids is 1. The van der Waals surface area contributed by atoms with Crippen LogP contribution in [0.25, 0.3) is 0 Å². The maximum atomic E-state index is 12.3. The quantitative estimate of drug-likeness (QED) is 0.861. The number of hydrogen-bond acceptors (Lipinski definition) is 4. The first-order chi connectivity index (χ1) is 10.1. The number of aliphatic hydroxyl groups is 1. The molecule has 21 heavy (non-hydrogen) atoms. The molecular weight excluding hydrogens is 286 g/mol. The third-order valence-electron chi connectivity index (χ3n) is 3.29. The summed E-state index contributed by atoms with van der Waals surface area (Å²) in [5.41, 5.74) is 0.00175. The van der Waals surface area contributed by atoms with E-state index in [0.29, 0.717) is 0 Å². The van der Waals surface area contributed by atoms with Gasteiger partial charge in [-0.1, -0.05) is 30.3 Å². The van der Waals surface area contributed by atoms with Crippen LogP contribution in [0.2, 0.25) is 0 Å². The van der Waals surface area contributed by atoms with Gasteiger partial charge in [0.2, 0.25) is 0 Å². The molecule has 0 fully saturated rings. The summed E-state index contributed by atoms with van der Waals surface area (Å²) >= 11 is 1.63. The van der Waals surface area contributed by atoms with Gasteiger partial charge in [-0.15, -0.1) is 0 Å². The van der Waals surface area contributed by atoms with Crippen LogP contribution in [0.1, 0.15) is 28.8 Å². The van der Waals surface area contributed by atoms with Crippen LogP contribution in [-0.2, 0) is 11.3 Å². The fraction of sp³-hybridized carbons (Fsp3) is 0.312. The highest BCUT2D eigenvalue weighted by atomic mass is 32.2. The van der Waals surface area contributed by atoms with Crippen molar-refractivity contribution in [1.29, 1.82) is 0 Å². The fourth-order valence-corrected chi connectivity index (χ4v) is 2.48. The number of nitrogens with one attached hydrogen (secondary N) is 1. The maximum absolute atomic E-state index is 12.3. The number of furan rings is 1. The molecule has 1 amide bonds. The molecule has 0 aliphatic rings. The lowest BCUT2D eigenvalue weighted by Crippen LogP contribution is -2.46. The number of benzene rings is 1. The van der Waals surface area contributed by atoms with Crippen LogP contribution >= 0.6 is 11.8 Å². The number of hydrogen-bond donors (Lipinski definition) is 2. The average Bonchev–Trinajstić information content (AvgIpc) is 2.97. The monoisotopic (exact) mass is 305 g/mol. The Kier molecular flexibility index (Phi) is 5.09. The summed E-state index contributed by atoms with van der Waals surface area (Å²) in [4.78, 5) is 12.3. The first-order valence-electron chi connectivity index (χ1n) is 6.65. The molecular formula is C16H19NO3S. The summed E-state index contributed by atoms with van der Waals surface area (Å²) in [5, 5.41) is 12.5. The topological polar surface area (TPSA) is 62.5 Å². The van der Waals surface area contributed by atoms with Gasteiger partial charge >= 0.3 is 0 Å². The second-order valence-electron chi connectivity index (χ2n) is 5.01. The van der Waals surface area contributed by atoms with Crippen molar-refractivity contribution in [3.63, 3.8) is 0 Å². The van der Waals surface area contributed by atoms with Crippen LogP contribution in [0.15, 0.2) is 46.9 Å². The van der Waals surface area contributed by atoms with Crippen molar-refractivity contribution >= 4 is 17.7 Å². The van der Waals surface area contributed by atoms with E-state index in [9.17, 15) is 9.90 Å². The number of amides is 1. The van der Waals surface area contributed by atoms with Gasteiger partial charge in [0.15, 0.2) is 5.76 Å². The van der Waals surface area contributed by atoms with Gasteiger partial charge in [0, 0.05) is 0 Å². The van der Waals surface area contributed by atoms with Crippen molar-refractivity contribution < 1.29 is 14.3 Å². The van der Waals surface area contributed by atoms with E-state index in [1.807, 2.05) is 36.6 Å². The largest absolute Gasteiger partial charge is 0.455 e. The molecule has 1 aromatic heterocycles. The number of carbonyl (C=O) groups is 1. The van der Waals surface area contributed by atoms with E-state index in [1.165, 1.54) is 0 Å². The number of aliphatic hydroxyl groups excluding tert-OH is 1. The Morgan fingerprint density at radius 3 is 2.62 bits per heavy atom. The molecule has 5 heteroatoms. The molecule has 1 atom stereocenters. The Labute approximate surface area is 128 Å². The highest BCUT2D eigenvalue weighted by molar-refractivity contribution is 7.97. The van der Waals surface area contributed by atoms with Crippen LogP contribution in [0.4, 0.5) is 0 Å². The second kappa shape index (κ2) is 6.83. The van der Waals surface area contributed by atoms with Crippen molar-refractivity contribution in [2.45, 2.75) is 18.2 Å². The lowest BCUT2D eigenvalue weighted by Gasteiger charge is -2.28. The molecule has 4 nitrogen and oxygen atoms in total. The zero-order chi connectivity index (χ0) is 15.3. The van der Waals surface area contributed by atoms with Crippen LogP contribution in [0.5, 0.6) is 0 Å². The molecule has 112 valence electrons. The van der Waals surface area contributed by atoms with Gasteiger partial charge in [-0.3, -0.25) is 4.79 Å². The fourth-order valence-electron chi connectivity index (χ4n) is 2.04. The third kappa shape index (κ3) is 3.68. The van der Waals surface area contributed by atoms with Crippen molar-refractivity contribution in [3.05, 3.63) is 59.5 Å². The Morgan fingerprint density at radius 1 is 1.29 bits per heavy atom. The summed E-state index contributed by atoms with van der Waals surface area (Å²) in [6.07, 6.45) is 1.97. The van der Waals surface area contributed by atoms with Crippen molar-refractivity contribution in [2.75, 3.05) is 12.9 Å². The van der Waals surface area contributed by atoms with E-state index in [0.717, 1.165) is 17.1 Å². The molecule has 1 aromatic carbocycles. The molecule has 0 bridgehead atoms. The van der Waals surface area contributed by atoms with Crippen LogP contribution in [-0.4, -0.2) is 23.9 Å². The molecule has 0 saturated carbocycles. The standard InChI is InChI=1S/C16H19NO3S/c1-16(11-18,12-6-4-3-5-7-12)17-15(19)14-9-8-13(20-14)10-21-2/h3-9,18H,10-11H2,1-2H3,(H,17,19). The van der Waals surface area contributed by atoms with E-state index in [4.69, 9.17) is 4.42 Å². The van der Waals surface area contributed by atoms with E-state index in [1.54, 1.807) is 30.8 Å². The maximum Gasteiger partial charge on any atom is 0.287 e. The molecule has 2 rings (SSSR count). The van der Waals surface area contributed by atoms with Gasteiger partial charge in [0.25, 0.3) is 5.91 Å². The Morgan fingerprint density at radius 2 is 2.00 bits per heavy atom. The minimum atomic E-state index is -0.842. The highest BCUT2D eigenvalue weighted by Crippen LogP contribution is 2.21. The summed E-state index contributed by atoms with van der Waals surface area (Å²) < 4.78 is 5.50. The number of thioether (sulfide) groups is 1. The summed E-state index contributed by atoms with van der Waals surface area (Å²) in [7, 11) is 0. The van der Waals surface area contributed by atoms with E-state index >= 15 is 0 Å². The smallest absolute Gasteiger partial charge is 0.287 e. The lowest BCUT2D eigenvalue weighted by molar-refractivity contribution is 0.0820. The molecule has 1 heterocycles. The second-order valence-corrected chi connectivity index (χ2v) is 5.88. The third-order valence-corrected chi connectivity index (χ3v) is 3.86. The van der Waals surface area contributed by atoms with Crippen molar-refractivity contribution in [2.24, 2.45) is 0 Å². The molecule has 0 saturated heterocycles. The first kappa shape index (κ1) is 15.7. The average molecular weight is 305 g/mol. The summed E-state index contributed by atoms with van der Waals surface area (Å²) in [6, 6.07) is 12.8. The van der Waals surface area contributed by atoms with E-state index < -0.39 is 5.54 Å². The molecule has 0 radical (unpaired) electrons. The van der Waals surface area contributed by atoms with Gasteiger partial charge in [0.1, 0.15) is 5.76 Å². The Hall–Kier alpha value is -1.72. The molecule has 2 aromatic rings. The van der Waals surface area contributed by atoms with E-state index in [2.05, 4.69) is 5.32 Å². The van der Waals surface area contributed by atoms with Gasteiger partial charge < -0.3 is 14.8 Å². The minimum Gasteiger partial charge on any atom is -0.455 e. The zero-order valence-electron chi connectivity index (χ0n) is 12.1. The van der Waals surface area contributed by atoms with Crippen molar-refractivity contribution in [3.8, 4) is 0 Å². The predicted octanol–water partition coefficient (Wildman–Crippen LogP) is 2.78. The molecule has 0 spiro atoms. The van der Waals surface area contributed by atoms with Crippen LogP contribution < -0.4 is 5.32 Å². The van der Waals surface area contributed by atoms with E-state index in [-0.39, 0.29) is 18.3 Å². The zero-order valence-corrected chi connectivity index (χ0v) is 12.9. The Bertz CT molecular complexity index is 597. The van der Waals surface area contributed by atoms with Gasteiger partial charge in [0.05, 0.1) is 17.9 Å². The van der Waals surface area contributed by atoms with Crippen LogP contribution in [0, 0.1) is 0 Å². The Balaban J connectivity index is 2.15. The molecule has 0 aliphatic heterocycles. The van der Waals surface area contributed by atoms with Crippen molar-refractivity contribution in [1.82, 2.24) is 5.32 Å². The van der Waals surface area contributed by atoms with Gasteiger partial charge in [-0.05, 0) is 30.9 Å². The van der Waals surface area contributed by atoms with Gasteiger partial charge in [-0.25, -0.2) is 0 Å². The summed E-state index contributed by atoms with van der Waals surface area (Å²) in [6.45, 7) is 1.59. The summed E-state index contributed by atoms with van der Waals surface area (Å²) in [5.74, 6) is 1.42. The van der Waals surface area contributed by atoms with Crippen LogP contribution in [0.3, 0.4) is 0 Å². The SMILES string of the molecule is CSCc1ccc(C(=O)NC(C)(CO)c2ccccc2)o1. The molecule has 1 unspecified atom stereocenters. The van der Waals surface area contributed by atoms with Gasteiger partial charge in [-0.2, -0.15) is 11.8 Å². The lowest BCUT2D eigenvalue weighted by atomic mass is 9.93. The molecule has 0 aliphatic carbocycles. The first-order valence-corrected chi connectivity index (χ1v) is 8.05. The molecule has 2 N–H and O–H groups in total. The minimum absolute atomic E-state index is 0.193. The highest BCUT2D eigenvalue weighted by Gasteiger charge is 2.29.